The molecule has 0 spiro atoms. The summed E-state index contributed by atoms with van der Waals surface area (Å²) in [7, 11) is 0. The summed E-state index contributed by atoms with van der Waals surface area (Å²) >= 11 is 3.48. The third-order valence-electron chi connectivity index (χ3n) is 3.64. The maximum Gasteiger partial charge on any atom is 0.161 e. The molecule has 19 heavy (non-hydrogen) atoms. The van der Waals surface area contributed by atoms with Gasteiger partial charge in [0, 0.05) is 5.33 Å². The van der Waals surface area contributed by atoms with Crippen molar-refractivity contribution < 1.29 is 9.47 Å². The van der Waals surface area contributed by atoms with Gasteiger partial charge in [0.05, 0.1) is 12.7 Å². The molecule has 0 saturated heterocycles. The Morgan fingerprint density at radius 1 is 1.26 bits per heavy atom. The molecule has 1 fully saturated rings. The summed E-state index contributed by atoms with van der Waals surface area (Å²) in [6.45, 7) is 4.99. The molecular weight excluding hydrogens is 304 g/mol. The van der Waals surface area contributed by atoms with Crippen LogP contribution in [0.5, 0.6) is 11.5 Å². The lowest BCUT2D eigenvalue weighted by atomic mass is 9.89. The van der Waals surface area contributed by atoms with Gasteiger partial charge >= 0.3 is 0 Å². The number of alkyl halides is 1. The van der Waals surface area contributed by atoms with E-state index in [1.165, 1.54) is 18.4 Å². The van der Waals surface area contributed by atoms with Crippen molar-refractivity contribution in [3.8, 4) is 11.5 Å². The van der Waals surface area contributed by atoms with Crippen molar-refractivity contribution >= 4 is 15.9 Å². The minimum absolute atomic E-state index is 0.345. The second-order valence-corrected chi connectivity index (χ2v) is 5.92. The van der Waals surface area contributed by atoms with E-state index in [0.29, 0.717) is 12.7 Å². The van der Waals surface area contributed by atoms with Crippen LogP contribution in [0, 0.1) is 5.92 Å². The van der Waals surface area contributed by atoms with Crippen LogP contribution < -0.4 is 9.47 Å². The predicted octanol–water partition coefficient (Wildman–Crippen LogP) is 4.94. The van der Waals surface area contributed by atoms with Crippen molar-refractivity contribution in [2.45, 2.75) is 51.0 Å². The normalized spacial score (nSPS) is 23.1. The van der Waals surface area contributed by atoms with Crippen LogP contribution in [0.15, 0.2) is 18.2 Å². The van der Waals surface area contributed by atoms with Crippen LogP contribution in [0.4, 0.5) is 0 Å². The van der Waals surface area contributed by atoms with E-state index in [1.54, 1.807) is 0 Å². The summed E-state index contributed by atoms with van der Waals surface area (Å²) in [4.78, 5) is 0. The van der Waals surface area contributed by atoms with Crippen molar-refractivity contribution in [3.05, 3.63) is 23.8 Å². The number of rotatable bonds is 5. The lowest BCUT2D eigenvalue weighted by Gasteiger charge is -2.28. The summed E-state index contributed by atoms with van der Waals surface area (Å²) in [5.74, 6) is 2.54. The molecule has 0 radical (unpaired) electrons. The summed E-state index contributed by atoms with van der Waals surface area (Å²) in [6, 6.07) is 6.21. The van der Waals surface area contributed by atoms with Gasteiger partial charge < -0.3 is 9.47 Å². The molecule has 2 rings (SSSR count). The molecule has 0 aromatic heterocycles. The molecule has 2 nitrogen and oxygen atoms in total. The third-order valence-corrected chi connectivity index (χ3v) is 4.29. The molecule has 0 heterocycles. The average Bonchev–Trinajstić information content (AvgIpc) is 2.41. The number of benzene rings is 1. The first kappa shape index (κ1) is 14.7. The molecule has 2 unspecified atom stereocenters. The van der Waals surface area contributed by atoms with Gasteiger partial charge in [-0.2, -0.15) is 0 Å². The van der Waals surface area contributed by atoms with E-state index in [4.69, 9.17) is 9.47 Å². The van der Waals surface area contributed by atoms with E-state index < -0.39 is 0 Å². The minimum atomic E-state index is 0.345. The molecule has 106 valence electrons. The second-order valence-electron chi connectivity index (χ2n) is 5.36. The Kier molecular flexibility index (Phi) is 5.56. The molecule has 1 aliphatic rings. The fraction of sp³-hybridized carbons (Fsp3) is 0.625. The van der Waals surface area contributed by atoms with Crippen LogP contribution in [-0.2, 0) is 5.33 Å². The first-order chi connectivity index (χ1) is 9.22. The molecular formula is C16H23BrO2. The maximum absolute atomic E-state index is 6.17. The molecule has 0 bridgehead atoms. The zero-order valence-corrected chi connectivity index (χ0v) is 13.4. The van der Waals surface area contributed by atoms with Crippen LogP contribution in [0.2, 0.25) is 0 Å². The van der Waals surface area contributed by atoms with Crippen LogP contribution in [0.25, 0.3) is 0 Å². The molecule has 1 aromatic carbocycles. The van der Waals surface area contributed by atoms with Gasteiger partial charge in [-0.15, -0.1) is 0 Å². The third kappa shape index (κ3) is 4.13. The van der Waals surface area contributed by atoms with Gasteiger partial charge in [0.25, 0.3) is 0 Å². The number of hydrogen-bond acceptors (Lipinski definition) is 2. The van der Waals surface area contributed by atoms with Gasteiger partial charge in [-0.3, -0.25) is 0 Å². The van der Waals surface area contributed by atoms with Gasteiger partial charge in [-0.05, 0) is 49.8 Å². The Morgan fingerprint density at radius 2 is 2.11 bits per heavy atom. The molecule has 0 amide bonds. The maximum atomic E-state index is 6.17. The second kappa shape index (κ2) is 7.18. The van der Waals surface area contributed by atoms with E-state index in [1.807, 2.05) is 13.0 Å². The highest BCUT2D eigenvalue weighted by Crippen LogP contribution is 2.33. The standard InChI is InChI=1S/C16H23BrO2/c1-3-18-16-10-13(11-17)7-8-15(16)19-14-6-4-5-12(2)9-14/h7-8,10,12,14H,3-6,9,11H2,1-2H3. The van der Waals surface area contributed by atoms with Gasteiger partial charge in [-0.25, -0.2) is 0 Å². The lowest BCUT2D eigenvalue weighted by Crippen LogP contribution is -2.24. The van der Waals surface area contributed by atoms with Gasteiger partial charge in [0.2, 0.25) is 0 Å². The molecule has 0 N–H and O–H groups in total. The Morgan fingerprint density at radius 3 is 2.79 bits per heavy atom. The van der Waals surface area contributed by atoms with Crippen LogP contribution >= 0.6 is 15.9 Å². The summed E-state index contributed by atoms with van der Waals surface area (Å²) < 4.78 is 11.9. The van der Waals surface area contributed by atoms with Gasteiger partial charge in [0.1, 0.15) is 0 Å². The monoisotopic (exact) mass is 326 g/mol. The average molecular weight is 327 g/mol. The molecule has 1 aliphatic carbocycles. The topological polar surface area (TPSA) is 18.5 Å². The van der Waals surface area contributed by atoms with Crippen molar-refractivity contribution in [1.29, 1.82) is 0 Å². The molecule has 1 aromatic rings. The highest BCUT2D eigenvalue weighted by molar-refractivity contribution is 9.08. The molecule has 3 heteroatoms. The predicted molar refractivity (Wildman–Crippen MR) is 82.3 cm³/mol. The fourth-order valence-electron chi connectivity index (χ4n) is 2.67. The van der Waals surface area contributed by atoms with Gasteiger partial charge in [0.15, 0.2) is 11.5 Å². The molecule has 0 aliphatic heterocycles. The van der Waals surface area contributed by atoms with E-state index in [2.05, 4.69) is 35.0 Å². The van der Waals surface area contributed by atoms with E-state index >= 15 is 0 Å². The van der Waals surface area contributed by atoms with Crippen LogP contribution in [0.1, 0.15) is 45.1 Å². The van der Waals surface area contributed by atoms with Crippen LogP contribution in [-0.4, -0.2) is 12.7 Å². The molecule has 2 atom stereocenters. The Hall–Kier alpha value is -0.700. The number of halogens is 1. The van der Waals surface area contributed by atoms with Crippen LogP contribution in [0.3, 0.4) is 0 Å². The van der Waals surface area contributed by atoms with E-state index in [-0.39, 0.29) is 0 Å². The highest BCUT2D eigenvalue weighted by atomic mass is 79.9. The highest BCUT2D eigenvalue weighted by Gasteiger charge is 2.21. The van der Waals surface area contributed by atoms with Gasteiger partial charge in [-0.1, -0.05) is 35.3 Å². The van der Waals surface area contributed by atoms with E-state index in [0.717, 1.165) is 35.6 Å². The zero-order valence-electron chi connectivity index (χ0n) is 11.8. The Bertz CT molecular complexity index is 406. The zero-order chi connectivity index (χ0) is 13.7. The quantitative estimate of drug-likeness (QED) is 0.713. The summed E-state index contributed by atoms with van der Waals surface area (Å²) in [6.07, 6.45) is 5.27. The molecule has 1 saturated carbocycles. The number of hydrogen-bond donors (Lipinski definition) is 0. The minimum Gasteiger partial charge on any atom is -0.490 e. The smallest absolute Gasteiger partial charge is 0.161 e. The fourth-order valence-corrected chi connectivity index (χ4v) is 3.02. The van der Waals surface area contributed by atoms with Crippen molar-refractivity contribution in [1.82, 2.24) is 0 Å². The SMILES string of the molecule is CCOc1cc(CBr)ccc1OC1CCCC(C)C1. The first-order valence-electron chi connectivity index (χ1n) is 7.21. The lowest BCUT2D eigenvalue weighted by molar-refractivity contribution is 0.124. The van der Waals surface area contributed by atoms with Crippen molar-refractivity contribution in [2.75, 3.05) is 6.61 Å². The Labute approximate surface area is 124 Å². The summed E-state index contributed by atoms with van der Waals surface area (Å²) in [5.41, 5.74) is 1.22. The van der Waals surface area contributed by atoms with E-state index in [9.17, 15) is 0 Å². The van der Waals surface area contributed by atoms with Crippen molar-refractivity contribution in [3.63, 3.8) is 0 Å². The van der Waals surface area contributed by atoms with Crippen molar-refractivity contribution in [2.24, 2.45) is 5.92 Å². The Balaban J connectivity index is 2.09. The summed E-state index contributed by atoms with van der Waals surface area (Å²) in [5, 5.41) is 0.841. The number of ether oxygens (including phenoxy) is 2. The largest absolute Gasteiger partial charge is 0.490 e. The first-order valence-corrected chi connectivity index (χ1v) is 8.33.